The highest BCUT2D eigenvalue weighted by atomic mass is 79.9. The van der Waals surface area contributed by atoms with Gasteiger partial charge in [0.15, 0.2) is 0 Å². The number of halogens is 1. The Bertz CT molecular complexity index is 544. The number of carboxylic acid groups (broad SMARTS) is 1. The molecule has 1 rings (SSSR count). The van der Waals surface area contributed by atoms with Crippen molar-refractivity contribution in [3.63, 3.8) is 0 Å². The van der Waals surface area contributed by atoms with E-state index in [0.717, 1.165) is 3.79 Å². The van der Waals surface area contributed by atoms with Crippen LogP contribution in [0.2, 0.25) is 0 Å². The lowest BCUT2D eigenvalue weighted by Crippen LogP contribution is -2.48. The first-order chi connectivity index (χ1) is 9.72. The number of aliphatic carboxylic acids is 1. The van der Waals surface area contributed by atoms with Gasteiger partial charge < -0.3 is 15.3 Å². The Labute approximate surface area is 135 Å². The average Bonchev–Trinajstić information content (AvgIpc) is 2.80. The van der Waals surface area contributed by atoms with E-state index in [1.54, 1.807) is 26.0 Å². The Kier molecular flexibility index (Phi) is 6.35. The molecule has 0 aliphatic heterocycles. The Morgan fingerprint density at radius 3 is 2.43 bits per heavy atom. The summed E-state index contributed by atoms with van der Waals surface area (Å²) < 4.78 is 0.828. The second kappa shape index (κ2) is 7.56. The van der Waals surface area contributed by atoms with Crippen molar-refractivity contribution in [3.05, 3.63) is 20.8 Å². The fourth-order valence-corrected chi connectivity index (χ4v) is 3.02. The van der Waals surface area contributed by atoms with Gasteiger partial charge in [-0.1, -0.05) is 13.8 Å². The summed E-state index contributed by atoms with van der Waals surface area (Å²) in [4.78, 5) is 36.7. The molecule has 2 N–H and O–H groups in total. The van der Waals surface area contributed by atoms with Crippen LogP contribution in [0.3, 0.4) is 0 Å². The number of hydrogen-bond donors (Lipinski definition) is 2. The molecular formula is C13H17BrN2O4S. The lowest BCUT2D eigenvalue weighted by Gasteiger charge is -2.20. The third-order valence-corrected chi connectivity index (χ3v) is 4.37. The van der Waals surface area contributed by atoms with E-state index in [2.05, 4.69) is 21.2 Å². The van der Waals surface area contributed by atoms with Crippen molar-refractivity contribution in [1.82, 2.24) is 10.2 Å². The molecule has 0 saturated heterocycles. The zero-order valence-electron chi connectivity index (χ0n) is 11.9. The van der Waals surface area contributed by atoms with Crippen LogP contribution in [0.25, 0.3) is 0 Å². The number of amides is 2. The number of carbonyl (C=O) groups excluding carboxylic acids is 2. The van der Waals surface area contributed by atoms with E-state index in [1.165, 1.54) is 23.3 Å². The van der Waals surface area contributed by atoms with Gasteiger partial charge in [-0.25, -0.2) is 4.79 Å². The second-order valence-corrected chi connectivity index (χ2v) is 7.36. The number of nitrogens with one attached hydrogen (secondary N) is 1. The van der Waals surface area contributed by atoms with Gasteiger partial charge >= 0.3 is 5.97 Å². The molecular weight excluding hydrogens is 360 g/mol. The van der Waals surface area contributed by atoms with Gasteiger partial charge in [0.25, 0.3) is 5.91 Å². The molecule has 8 heteroatoms. The molecule has 0 spiro atoms. The van der Waals surface area contributed by atoms with Crippen molar-refractivity contribution in [2.24, 2.45) is 5.92 Å². The highest BCUT2D eigenvalue weighted by Gasteiger charge is 2.24. The van der Waals surface area contributed by atoms with Crippen molar-refractivity contribution in [2.75, 3.05) is 13.6 Å². The Morgan fingerprint density at radius 2 is 2.00 bits per heavy atom. The van der Waals surface area contributed by atoms with Crippen LogP contribution in [0, 0.1) is 5.92 Å². The monoisotopic (exact) mass is 376 g/mol. The molecule has 1 aromatic rings. The minimum absolute atomic E-state index is 0.190. The van der Waals surface area contributed by atoms with E-state index in [-0.39, 0.29) is 18.4 Å². The van der Waals surface area contributed by atoms with E-state index >= 15 is 0 Å². The lowest BCUT2D eigenvalue weighted by molar-refractivity contribution is -0.143. The van der Waals surface area contributed by atoms with Crippen molar-refractivity contribution in [2.45, 2.75) is 19.9 Å². The maximum Gasteiger partial charge on any atom is 0.326 e. The molecule has 0 unspecified atom stereocenters. The van der Waals surface area contributed by atoms with Crippen molar-refractivity contribution in [1.29, 1.82) is 0 Å². The second-order valence-electron chi connectivity index (χ2n) is 4.89. The SMILES string of the molecule is CC(C)[C@@H](NC(=O)CN(C)C(=O)c1ccc(Br)s1)C(=O)O. The van der Waals surface area contributed by atoms with Crippen molar-refractivity contribution >= 4 is 45.1 Å². The molecule has 0 fully saturated rings. The molecule has 1 atom stereocenters. The Morgan fingerprint density at radius 1 is 1.38 bits per heavy atom. The summed E-state index contributed by atoms with van der Waals surface area (Å²) in [5, 5.41) is 11.4. The lowest BCUT2D eigenvalue weighted by atomic mass is 10.0. The van der Waals surface area contributed by atoms with Crippen LogP contribution in [0.15, 0.2) is 15.9 Å². The number of likely N-dealkylation sites (N-methyl/N-ethyl adjacent to an activating group) is 1. The number of rotatable bonds is 6. The minimum atomic E-state index is -1.09. The molecule has 116 valence electrons. The number of hydrogen-bond acceptors (Lipinski definition) is 4. The van der Waals surface area contributed by atoms with Gasteiger partial charge in [0.1, 0.15) is 6.04 Å². The summed E-state index contributed by atoms with van der Waals surface area (Å²) >= 11 is 4.54. The number of carbonyl (C=O) groups is 3. The zero-order valence-corrected chi connectivity index (χ0v) is 14.3. The largest absolute Gasteiger partial charge is 0.480 e. The highest BCUT2D eigenvalue weighted by molar-refractivity contribution is 9.11. The van der Waals surface area contributed by atoms with Gasteiger partial charge in [0, 0.05) is 7.05 Å². The van der Waals surface area contributed by atoms with E-state index < -0.39 is 17.9 Å². The van der Waals surface area contributed by atoms with Crippen molar-refractivity contribution in [3.8, 4) is 0 Å². The summed E-state index contributed by atoms with van der Waals surface area (Å²) in [6.45, 7) is 3.22. The molecule has 2 amide bonds. The molecule has 6 nitrogen and oxygen atoms in total. The van der Waals surface area contributed by atoms with Gasteiger partial charge in [0.2, 0.25) is 5.91 Å². The van der Waals surface area contributed by atoms with E-state index in [0.29, 0.717) is 4.88 Å². The van der Waals surface area contributed by atoms with Crippen molar-refractivity contribution < 1.29 is 19.5 Å². The van der Waals surface area contributed by atoms with Crippen LogP contribution in [-0.2, 0) is 9.59 Å². The predicted molar refractivity (Wildman–Crippen MR) is 83.4 cm³/mol. The Hall–Kier alpha value is -1.41. The smallest absolute Gasteiger partial charge is 0.326 e. The Balaban J connectivity index is 2.61. The number of nitrogens with zero attached hydrogens (tertiary/aromatic N) is 1. The first-order valence-corrected chi connectivity index (χ1v) is 7.86. The van der Waals surface area contributed by atoms with Gasteiger partial charge in [-0.15, -0.1) is 11.3 Å². The highest BCUT2D eigenvalue weighted by Crippen LogP contribution is 2.22. The summed E-state index contributed by atoms with van der Waals surface area (Å²) in [5.74, 6) is -2.10. The minimum Gasteiger partial charge on any atom is -0.480 e. The van der Waals surface area contributed by atoms with Crippen LogP contribution in [0.4, 0.5) is 0 Å². The zero-order chi connectivity index (χ0) is 16.2. The molecule has 0 saturated carbocycles. The van der Waals surface area contributed by atoms with E-state index in [1.807, 2.05) is 0 Å². The first kappa shape index (κ1) is 17.6. The van der Waals surface area contributed by atoms with Gasteiger partial charge in [0.05, 0.1) is 15.2 Å². The van der Waals surface area contributed by atoms with Crippen LogP contribution < -0.4 is 5.32 Å². The normalized spacial score (nSPS) is 12.0. The molecule has 0 radical (unpaired) electrons. The molecule has 0 aromatic carbocycles. The summed E-state index contributed by atoms with van der Waals surface area (Å²) in [6.07, 6.45) is 0. The van der Waals surface area contributed by atoms with E-state index in [4.69, 9.17) is 5.11 Å². The fourth-order valence-electron chi connectivity index (χ4n) is 1.64. The quantitative estimate of drug-likeness (QED) is 0.792. The van der Waals surface area contributed by atoms with Crippen LogP contribution >= 0.6 is 27.3 Å². The average molecular weight is 377 g/mol. The molecule has 1 aromatic heterocycles. The summed E-state index contributed by atoms with van der Waals surface area (Å²) in [7, 11) is 1.50. The number of carboxylic acids is 1. The molecule has 0 aliphatic rings. The van der Waals surface area contributed by atoms with Crippen LogP contribution in [-0.4, -0.2) is 47.4 Å². The molecule has 21 heavy (non-hydrogen) atoms. The number of thiophene rings is 1. The third-order valence-electron chi connectivity index (χ3n) is 2.76. The summed E-state index contributed by atoms with van der Waals surface area (Å²) in [5.41, 5.74) is 0. The van der Waals surface area contributed by atoms with E-state index in [9.17, 15) is 14.4 Å². The predicted octanol–water partition coefficient (Wildman–Crippen LogP) is 1.81. The van der Waals surface area contributed by atoms with Crippen LogP contribution in [0.1, 0.15) is 23.5 Å². The molecule has 0 aliphatic carbocycles. The topological polar surface area (TPSA) is 86.7 Å². The molecule has 0 bridgehead atoms. The van der Waals surface area contributed by atoms with Gasteiger partial charge in [-0.3, -0.25) is 9.59 Å². The van der Waals surface area contributed by atoms with Gasteiger partial charge in [-0.05, 0) is 34.0 Å². The maximum absolute atomic E-state index is 12.1. The first-order valence-electron chi connectivity index (χ1n) is 6.25. The molecule has 1 heterocycles. The maximum atomic E-state index is 12.1. The fraction of sp³-hybridized carbons (Fsp3) is 0.462. The van der Waals surface area contributed by atoms with Crippen LogP contribution in [0.5, 0.6) is 0 Å². The summed E-state index contributed by atoms with van der Waals surface area (Å²) in [6, 6.07) is 2.46. The van der Waals surface area contributed by atoms with Gasteiger partial charge in [-0.2, -0.15) is 0 Å². The third kappa shape index (κ3) is 5.13. The standard InChI is InChI=1S/C13H17BrN2O4S/c1-7(2)11(13(19)20)15-10(17)6-16(3)12(18)8-4-5-9(14)21-8/h4-5,7,11H,6H2,1-3H3,(H,15,17)(H,19,20)/t11-/m1/s1.